The Bertz CT molecular complexity index is 1570. The molecule has 2 fully saturated rings. The van der Waals surface area contributed by atoms with E-state index in [0.29, 0.717) is 40.4 Å². The Kier molecular flexibility index (Phi) is 5.34. The van der Waals surface area contributed by atoms with Crippen LogP contribution >= 0.6 is 11.3 Å². The lowest BCUT2D eigenvalue weighted by molar-refractivity contribution is 0.150. The number of anilines is 1. The Morgan fingerprint density at radius 3 is 2.69 bits per heavy atom. The molecule has 3 aromatic heterocycles. The van der Waals surface area contributed by atoms with Gasteiger partial charge in [0.15, 0.2) is 5.01 Å². The van der Waals surface area contributed by atoms with Gasteiger partial charge in [0, 0.05) is 37.1 Å². The number of nitrogens with one attached hydrogen (secondary N) is 1. The summed E-state index contributed by atoms with van der Waals surface area (Å²) in [4.78, 5) is 6.05. The van der Waals surface area contributed by atoms with Crippen molar-refractivity contribution in [1.82, 2.24) is 28.9 Å². The minimum atomic E-state index is -3.96. The van der Waals surface area contributed by atoms with Gasteiger partial charge in [-0.1, -0.05) is 11.3 Å². The molecule has 2 atom stereocenters. The molecular formula is C21H23F3N8O2S2. The molecule has 2 aliphatic rings. The zero-order chi connectivity index (χ0) is 25.4. The summed E-state index contributed by atoms with van der Waals surface area (Å²) in [7, 11) is -3.96. The molecule has 1 aliphatic carbocycles. The molecule has 36 heavy (non-hydrogen) atoms. The number of nitrogens with two attached hydrogens (primary N) is 1. The molecule has 3 N–H and O–H groups in total. The van der Waals surface area contributed by atoms with E-state index >= 15 is 0 Å². The van der Waals surface area contributed by atoms with E-state index in [1.54, 1.807) is 15.5 Å². The fourth-order valence-electron chi connectivity index (χ4n) is 4.67. The van der Waals surface area contributed by atoms with Crippen LogP contribution in [0.1, 0.15) is 37.6 Å². The molecule has 1 saturated heterocycles. The molecule has 0 unspecified atom stereocenters. The van der Waals surface area contributed by atoms with Crippen LogP contribution in [-0.2, 0) is 10.0 Å². The van der Waals surface area contributed by atoms with Crippen molar-refractivity contribution in [2.75, 3.05) is 18.0 Å². The summed E-state index contributed by atoms with van der Waals surface area (Å²) in [5, 5.41) is 7.15. The second-order valence-corrected chi connectivity index (χ2v) is 12.3. The average Bonchev–Trinajstić information content (AvgIpc) is 3.18. The third-order valence-electron chi connectivity index (χ3n) is 6.62. The highest BCUT2D eigenvalue weighted by Crippen LogP contribution is 2.39. The number of aromatic nitrogens is 5. The first-order chi connectivity index (χ1) is 17.0. The summed E-state index contributed by atoms with van der Waals surface area (Å²) >= 11 is 0.686. The molecule has 10 nitrogen and oxygen atoms in total. The van der Waals surface area contributed by atoms with E-state index in [9.17, 15) is 21.6 Å². The third kappa shape index (κ3) is 3.93. The predicted molar refractivity (Wildman–Crippen MR) is 128 cm³/mol. The number of benzene rings is 1. The Labute approximate surface area is 208 Å². The SMILES string of the molecule is CC1(NS(=O)(=O)c2cc(N3C[C@@H](N)C[C@H](F)C3)c3c(c2)n(-c2nnc(C(F)F)s2)c2nccn32)CC1. The van der Waals surface area contributed by atoms with Crippen molar-refractivity contribution in [3.8, 4) is 5.13 Å². The summed E-state index contributed by atoms with van der Waals surface area (Å²) in [6.07, 6.45) is 0.852. The van der Waals surface area contributed by atoms with Gasteiger partial charge in [0.05, 0.1) is 21.6 Å². The van der Waals surface area contributed by atoms with Gasteiger partial charge in [-0.15, -0.1) is 10.2 Å². The number of imidazole rings is 2. The number of nitrogens with zero attached hydrogens (tertiary/aromatic N) is 6. The molecule has 0 bridgehead atoms. The number of alkyl halides is 3. The molecular weight excluding hydrogens is 517 g/mol. The minimum Gasteiger partial charge on any atom is -0.365 e. The quantitative estimate of drug-likeness (QED) is 0.386. The smallest absolute Gasteiger partial charge is 0.291 e. The molecule has 4 aromatic rings. The Morgan fingerprint density at radius 1 is 1.25 bits per heavy atom. The van der Waals surface area contributed by atoms with Crippen molar-refractivity contribution in [3.05, 3.63) is 29.5 Å². The summed E-state index contributed by atoms with van der Waals surface area (Å²) in [5.74, 6) is 0.331. The molecule has 1 aromatic carbocycles. The molecule has 15 heteroatoms. The van der Waals surface area contributed by atoms with E-state index in [-0.39, 0.29) is 23.0 Å². The van der Waals surface area contributed by atoms with Gasteiger partial charge in [-0.3, -0.25) is 8.97 Å². The Morgan fingerprint density at radius 2 is 2.03 bits per heavy atom. The second kappa shape index (κ2) is 8.13. The monoisotopic (exact) mass is 540 g/mol. The first-order valence-corrected chi connectivity index (χ1v) is 13.7. The van der Waals surface area contributed by atoms with Gasteiger partial charge in [-0.2, -0.15) is 0 Å². The van der Waals surface area contributed by atoms with Crippen LogP contribution in [0.4, 0.5) is 18.9 Å². The maximum absolute atomic E-state index is 14.6. The fraction of sp³-hybridized carbons (Fsp3) is 0.476. The number of fused-ring (bicyclic) bond motifs is 3. The van der Waals surface area contributed by atoms with E-state index in [0.717, 1.165) is 12.8 Å². The van der Waals surface area contributed by atoms with Gasteiger partial charge in [-0.05, 0) is 38.3 Å². The summed E-state index contributed by atoms with van der Waals surface area (Å²) in [6, 6.07) is 2.53. The minimum absolute atomic E-state index is 0.0340. The van der Waals surface area contributed by atoms with E-state index in [1.807, 2.05) is 6.92 Å². The van der Waals surface area contributed by atoms with Crippen LogP contribution in [0.5, 0.6) is 0 Å². The molecule has 1 saturated carbocycles. The topological polar surface area (TPSA) is 123 Å². The molecule has 1 aliphatic heterocycles. The average molecular weight is 541 g/mol. The standard InChI is InChI=1S/C21H23F3N8O2S2/c1-21(2-3-21)29-36(33,34)13-7-14(30-9-11(22)6-12(25)10-30)16-15(8-13)32(19-26-4-5-31(16)19)20-28-27-18(35-20)17(23)24/h4-5,7-8,11-12,17,29H,2-3,6,9-10,25H2,1H3/t11-,12-/m0/s1. The summed E-state index contributed by atoms with van der Waals surface area (Å²) in [6.45, 7) is 2.18. The maximum Gasteiger partial charge on any atom is 0.291 e. The second-order valence-electron chi connectivity index (χ2n) is 9.63. The maximum atomic E-state index is 14.6. The van der Waals surface area contributed by atoms with E-state index in [4.69, 9.17) is 5.73 Å². The normalized spacial score (nSPS) is 22.2. The Balaban J connectivity index is 1.63. The largest absolute Gasteiger partial charge is 0.365 e. The molecule has 0 radical (unpaired) electrons. The van der Waals surface area contributed by atoms with Crippen molar-refractivity contribution in [1.29, 1.82) is 0 Å². The van der Waals surface area contributed by atoms with Gasteiger partial charge in [0.1, 0.15) is 6.17 Å². The van der Waals surface area contributed by atoms with Crippen molar-refractivity contribution >= 4 is 43.9 Å². The molecule has 0 spiro atoms. The number of sulfonamides is 1. The predicted octanol–water partition coefficient (Wildman–Crippen LogP) is 2.77. The van der Waals surface area contributed by atoms with Crippen LogP contribution < -0.4 is 15.4 Å². The first kappa shape index (κ1) is 23.6. The highest BCUT2D eigenvalue weighted by Gasteiger charge is 2.42. The highest BCUT2D eigenvalue weighted by molar-refractivity contribution is 7.89. The highest BCUT2D eigenvalue weighted by atomic mass is 32.2. The molecule has 0 amide bonds. The Hall–Kier alpha value is -2.75. The van der Waals surface area contributed by atoms with E-state index in [2.05, 4.69) is 19.9 Å². The van der Waals surface area contributed by atoms with Gasteiger partial charge < -0.3 is 10.6 Å². The third-order valence-corrected chi connectivity index (χ3v) is 9.15. The van der Waals surface area contributed by atoms with Crippen LogP contribution in [0.15, 0.2) is 29.4 Å². The van der Waals surface area contributed by atoms with Crippen LogP contribution in [0.2, 0.25) is 0 Å². The number of hydrogen-bond acceptors (Lipinski definition) is 8. The fourth-order valence-corrected chi connectivity index (χ4v) is 6.89. The van der Waals surface area contributed by atoms with Crippen molar-refractivity contribution in [2.24, 2.45) is 5.73 Å². The van der Waals surface area contributed by atoms with Crippen LogP contribution in [-0.4, -0.2) is 63.4 Å². The lowest BCUT2D eigenvalue weighted by atomic mass is 10.0. The van der Waals surface area contributed by atoms with Gasteiger partial charge in [-0.25, -0.2) is 31.3 Å². The van der Waals surface area contributed by atoms with Crippen molar-refractivity contribution in [3.63, 3.8) is 0 Å². The van der Waals surface area contributed by atoms with Crippen LogP contribution in [0, 0.1) is 0 Å². The van der Waals surface area contributed by atoms with Gasteiger partial charge in [0.25, 0.3) is 6.43 Å². The lowest BCUT2D eigenvalue weighted by Gasteiger charge is -2.35. The molecule has 6 rings (SSSR count). The number of halogens is 3. The van der Waals surface area contributed by atoms with Gasteiger partial charge in [0.2, 0.25) is 20.9 Å². The van der Waals surface area contributed by atoms with E-state index in [1.165, 1.54) is 22.9 Å². The first-order valence-electron chi connectivity index (χ1n) is 11.4. The lowest BCUT2D eigenvalue weighted by Crippen LogP contribution is -2.48. The number of piperidine rings is 1. The van der Waals surface area contributed by atoms with Gasteiger partial charge >= 0.3 is 0 Å². The van der Waals surface area contributed by atoms with E-state index < -0.39 is 39.2 Å². The van der Waals surface area contributed by atoms with Crippen molar-refractivity contribution < 1.29 is 21.6 Å². The molecule has 4 heterocycles. The van der Waals surface area contributed by atoms with Crippen molar-refractivity contribution in [2.45, 2.75) is 55.3 Å². The zero-order valence-corrected chi connectivity index (χ0v) is 20.7. The number of hydrogen-bond donors (Lipinski definition) is 2. The number of rotatable bonds is 6. The zero-order valence-electron chi connectivity index (χ0n) is 19.1. The summed E-state index contributed by atoms with van der Waals surface area (Å²) < 4.78 is 73.9. The van der Waals surface area contributed by atoms with Crippen LogP contribution in [0.3, 0.4) is 0 Å². The summed E-state index contributed by atoms with van der Waals surface area (Å²) in [5.41, 5.74) is 6.94. The molecule has 192 valence electrons. The van der Waals surface area contributed by atoms with Crippen LogP contribution in [0.25, 0.3) is 21.9 Å².